The number of thiocarbonyl (C=S) groups is 1. The van der Waals surface area contributed by atoms with Crippen LogP contribution in [0.25, 0.3) is 0 Å². The number of hydrogen-bond donors (Lipinski definition) is 20. The highest BCUT2D eigenvalue weighted by Crippen LogP contribution is 2.57. The Morgan fingerprint density at radius 3 is 1.24 bits per heavy atom. The predicted molar refractivity (Wildman–Crippen MR) is 363 cm³/mol. The Morgan fingerprint density at radius 2 is 0.785 bits per heavy atom. The summed E-state index contributed by atoms with van der Waals surface area (Å²) in [6, 6.07) is 14.1. The lowest BCUT2D eigenvalue weighted by Crippen LogP contribution is -2.62. The van der Waals surface area contributed by atoms with Gasteiger partial charge in [-0.3, -0.25) is 0 Å². The number of fused-ring (bicyclic) bond motifs is 6. The third-order valence-corrected chi connectivity index (χ3v) is 19.5. The van der Waals surface area contributed by atoms with E-state index in [0.717, 1.165) is 0 Å². The minimum Gasteiger partial charge on any atom is -0.508 e. The second kappa shape index (κ2) is 40.0. The molecule has 0 amide bonds. The Balaban J connectivity index is 0.810. The summed E-state index contributed by atoms with van der Waals surface area (Å²) in [4.78, 5) is 13.8. The molecule has 0 aromatic heterocycles. The molecule has 38 heteroatoms. The molecule has 37 nitrogen and oxygen atoms in total. The van der Waals surface area contributed by atoms with Crippen LogP contribution in [0.1, 0.15) is 78.4 Å². The summed E-state index contributed by atoms with van der Waals surface area (Å²) in [5, 5.41) is 192. The highest BCUT2D eigenvalue weighted by Gasteiger charge is 2.55. The van der Waals surface area contributed by atoms with Crippen molar-refractivity contribution in [1.29, 1.82) is 0 Å². The van der Waals surface area contributed by atoms with Gasteiger partial charge in [0.15, 0.2) is 42.2 Å². The molecule has 5 saturated heterocycles. The minimum atomic E-state index is -1.72. The van der Waals surface area contributed by atoms with Crippen LogP contribution in [0.3, 0.4) is 0 Å². The average Bonchev–Trinajstić information content (AvgIpc) is 1.58. The number of phenolic OH excluding ortho intramolecular Hbond substituents is 2. The van der Waals surface area contributed by atoms with Gasteiger partial charge in [0, 0.05) is 74.1 Å². The van der Waals surface area contributed by atoms with Crippen molar-refractivity contribution in [2.75, 3.05) is 104 Å². The Morgan fingerprint density at radius 1 is 0.402 bits per heavy atom. The summed E-state index contributed by atoms with van der Waals surface area (Å²) in [5.74, 6) is -0.306. The number of aliphatic hydroxyl groups is 16. The van der Waals surface area contributed by atoms with Crippen LogP contribution in [-0.2, 0) is 76.7 Å². The molecule has 602 valence electrons. The summed E-state index contributed by atoms with van der Waals surface area (Å²) in [6.07, 6.45) is -33.9. The zero-order valence-electron chi connectivity index (χ0n) is 58.3. The molecular formula is C69H100N2O35S. The largest absolute Gasteiger partial charge is 0.508 e. The normalized spacial score (nSPS) is 34.5. The predicted octanol–water partition coefficient (Wildman–Crippen LogP) is -4.75. The number of anilines is 1. The van der Waals surface area contributed by atoms with E-state index < -0.39 is 192 Å². The molecule has 20 N–H and O–H groups in total. The maximum Gasteiger partial charge on any atom is 0.340 e. The van der Waals surface area contributed by atoms with Crippen molar-refractivity contribution in [3.8, 4) is 23.0 Å². The first-order chi connectivity index (χ1) is 51.5. The average molecular weight is 1550 g/mol. The van der Waals surface area contributed by atoms with Gasteiger partial charge >= 0.3 is 5.97 Å². The van der Waals surface area contributed by atoms with Gasteiger partial charge in [-0.15, -0.1) is 0 Å². The maximum atomic E-state index is 13.8. The van der Waals surface area contributed by atoms with Crippen molar-refractivity contribution < 1.29 is 173 Å². The third kappa shape index (κ3) is 20.3. The van der Waals surface area contributed by atoms with Gasteiger partial charge in [-0.25, -0.2) is 4.79 Å². The van der Waals surface area contributed by atoms with Gasteiger partial charge in [-0.05, 0) is 87.1 Å². The molecule has 0 saturated carbocycles. The van der Waals surface area contributed by atoms with Crippen molar-refractivity contribution in [2.45, 2.75) is 210 Å². The van der Waals surface area contributed by atoms with Crippen molar-refractivity contribution in [3.05, 3.63) is 76.9 Å². The quantitative estimate of drug-likeness (QED) is 0.0146. The molecule has 7 aliphatic rings. The Labute approximate surface area is 619 Å². The zero-order chi connectivity index (χ0) is 76.6. The third-order valence-electron chi connectivity index (χ3n) is 19.3. The molecule has 5 fully saturated rings. The van der Waals surface area contributed by atoms with Crippen LogP contribution in [0.4, 0.5) is 5.69 Å². The van der Waals surface area contributed by atoms with Crippen LogP contribution < -0.4 is 15.4 Å². The molecule has 0 unspecified atom stereocenters. The van der Waals surface area contributed by atoms with Gasteiger partial charge in [-0.2, -0.15) is 0 Å². The van der Waals surface area contributed by atoms with E-state index in [0.29, 0.717) is 54.6 Å². The molecule has 107 heavy (non-hydrogen) atoms. The second-order valence-electron chi connectivity index (χ2n) is 26.8. The van der Waals surface area contributed by atoms with Crippen LogP contribution in [0, 0.1) is 0 Å². The minimum absolute atomic E-state index is 0.0257. The summed E-state index contributed by atoms with van der Waals surface area (Å²) in [6.45, 7) is -3.54. The number of nitrogens with one attached hydrogen (secondary N) is 2. The number of aromatic hydroxyl groups is 2. The van der Waals surface area contributed by atoms with Gasteiger partial charge in [-0.1, -0.05) is 18.9 Å². The fourth-order valence-corrected chi connectivity index (χ4v) is 13.7. The van der Waals surface area contributed by atoms with Crippen LogP contribution in [0.2, 0.25) is 0 Å². The zero-order valence-corrected chi connectivity index (χ0v) is 59.1. The molecule has 7 heterocycles. The Hall–Kier alpha value is -4.98. The van der Waals surface area contributed by atoms with Crippen LogP contribution in [-0.4, -0.2) is 356 Å². The molecule has 0 aliphatic carbocycles. The summed E-state index contributed by atoms with van der Waals surface area (Å²) < 4.78 is 96.7. The van der Waals surface area contributed by atoms with E-state index in [-0.39, 0.29) is 125 Å². The number of hydrogen-bond acceptors (Lipinski definition) is 36. The SMILES string of the molecule is O=C1OC2(c3ccc(O)cc3Oc3cc(O)ccc32)c2ccc(NC(=S)NCCCCCCO[C@@H]3O[C@H](COCCCO[C@H]4O[C@H](CO)[C@@H](O)[C@H](O)[C@@H]4O)[C@@H](OCCCO[C@H]4O[C@H](CO)[C@@H](O)[C@H](O)[C@@H]4O)[C@H](OCCCO[C@H]4O[C@H](CO)[C@@H](O)[C@H](O)[C@@H]4O)[C@H]3OCCCO[C@H]3O[C@H](CO)[C@@H](O)[C@H](O)[C@@H]3O)cc21. The van der Waals surface area contributed by atoms with Gasteiger partial charge in [0.1, 0.15) is 145 Å². The Kier molecular flexibility index (Phi) is 31.5. The number of aliphatic hydroxyl groups excluding tert-OH is 16. The monoisotopic (exact) mass is 1550 g/mol. The maximum absolute atomic E-state index is 13.8. The van der Waals surface area contributed by atoms with Gasteiger partial charge < -0.3 is 178 Å². The van der Waals surface area contributed by atoms with E-state index in [1.807, 2.05) is 0 Å². The van der Waals surface area contributed by atoms with E-state index in [1.54, 1.807) is 30.3 Å². The standard InChI is InChI=1S/C69H100N2O35S/c72-28-42-47(78)51(82)55(86)63(101-42)95-21-5-16-91-32-46-59(92-18-6-22-96-64-56(87)52(83)48(79)43(29-73)102-64)60(93-19-7-23-97-65-57(88)53(84)49(80)44(30-74)103-65)61(94-20-8-24-98-66-58(89)54(85)50(81)45(31-75)104-66)67(105-46)99-17-4-2-1-3-15-70-68(107)71-33-9-12-37-36(25-33)62(90)106-69(37)38-13-10-34(76)26-40(38)100-41-27-35(77)11-14-39(41)69/h9-14,25-27,42-61,63-67,72-89H,1-8,15-24,28-32H2,(H2,70,71,107)/t42-,43-,44-,45-,46-,47-,48-,49-,50-,51+,52+,53+,54+,55+,56+,57+,58+,59-,60+,61-,63+,64+,65+,66+,67-/m1/s1. The molecule has 1 spiro atoms. The van der Waals surface area contributed by atoms with Crippen LogP contribution in [0.15, 0.2) is 54.6 Å². The van der Waals surface area contributed by atoms with E-state index in [4.69, 9.17) is 88.0 Å². The van der Waals surface area contributed by atoms with Crippen molar-refractivity contribution in [1.82, 2.24) is 5.32 Å². The molecule has 0 bridgehead atoms. The lowest BCUT2D eigenvalue weighted by Gasteiger charge is -2.46. The molecule has 25 atom stereocenters. The first-order valence-corrected chi connectivity index (χ1v) is 36.1. The van der Waals surface area contributed by atoms with Gasteiger partial charge in [0.25, 0.3) is 0 Å². The number of esters is 1. The van der Waals surface area contributed by atoms with E-state index in [9.17, 15) is 96.7 Å². The number of carbonyl (C=O) groups is 1. The number of phenols is 2. The Bertz CT molecular complexity index is 3200. The number of benzene rings is 3. The van der Waals surface area contributed by atoms with Crippen LogP contribution >= 0.6 is 12.2 Å². The lowest BCUT2D eigenvalue weighted by atomic mass is 9.77. The highest BCUT2D eigenvalue weighted by atomic mass is 32.1. The van der Waals surface area contributed by atoms with Gasteiger partial charge in [0.2, 0.25) is 0 Å². The lowest BCUT2D eigenvalue weighted by molar-refractivity contribution is -0.326. The topological polar surface area (TPSA) is 553 Å². The van der Waals surface area contributed by atoms with Gasteiger partial charge in [0.05, 0.1) is 65.0 Å². The van der Waals surface area contributed by atoms with Crippen molar-refractivity contribution >= 4 is 29.0 Å². The van der Waals surface area contributed by atoms with Crippen molar-refractivity contribution in [3.63, 3.8) is 0 Å². The first-order valence-electron chi connectivity index (χ1n) is 35.7. The van der Waals surface area contributed by atoms with Crippen LogP contribution in [0.5, 0.6) is 23.0 Å². The number of carbonyl (C=O) groups excluding carboxylic acids is 1. The van der Waals surface area contributed by atoms with E-state index in [2.05, 4.69) is 10.6 Å². The summed E-state index contributed by atoms with van der Waals surface area (Å²) >= 11 is 5.67. The van der Waals surface area contributed by atoms with E-state index >= 15 is 0 Å². The smallest absolute Gasteiger partial charge is 0.340 e. The number of rotatable bonds is 38. The fraction of sp³-hybridized carbons (Fsp3) is 0.710. The first kappa shape index (κ1) is 84.5. The molecule has 3 aromatic carbocycles. The second-order valence-corrected chi connectivity index (χ2v) is 27.2. The number of ether oxygens (including phenoxy) is 16. The summed E-state index contributed by atoms with van der Waals surface area (Å²) in [5.41, 5.74) is 0.736. The molecule has 7 aliphatic heterocycles. The van der Waals surface area contributed by atoms with Crippen molar-refractivity contribution in [2.24, 2.45) is 0 Å². The molecular weight excluding hydrogens is 1450 g/mol. The molecule has 3 aromatic rings. The molecule has 0 radical (unpaired) electrons. The highest BCUT2D eigenvalue weighted by molar-refractivity contribution is 7.80. The fourth-order valence-electron chi connectivity index (χ4n) is 13.5. The summed E-state index contributed by atoms with van der Waals surface area (Å²) in [7, 11) is 0. The van der Waals surface area contributed by atoms with E-state index in [1.165, 1.54) is 24.3 Å². The molecule has 10 rings (SSSR count). The number of unbranched alkanes of at least 4 members (excludes halogenated alkanes) is 3.